The summed E-state index contributed by atoms with van der Waals surface area (Å²) in [6.07, 6.45) is 5.01. The summed E-state index contributed by atoms with van der Waals surface area (Å²) in [4.78, 5) is 37.9. The van der Waals surface area contributed by atoms with E-state index in [2.05, 4.69) is 26.4 Å². The van der Waals surface area contributed by atoms with Crippen LogP contribution in [0.25, 0.3) is 10.9 Å². The van der Waals surface area contributed by atoms with E-state index in [4.69, 9.17) is 16.6 Å². The molecule has 1 saturated carbocycles. The number of rotatable bonds is 7. The van der Waals surface area contributed by atoms with Crippen molar-refractivity contribution < 1.29 is 13.2 Å². The lowest BCUT2D eigenvalue weighted by Crippen LogP contribution is -2.31. The number of anilines is 2. The number of aromatic nitrogens is 5. The van der Waals surface area contributed by atoms with Crippen molar-refractivity contribution in [1.29, 1.82) is 0 Å². The van der Waals surface area contributed by atoms with Crippen LogP contribution in [-0.4, -0.2) is 58.0 Å². The molecule has 3 aromatic heterocycles. The van der Waals surface area contributed by atoms with Crippen LogP contribution in [0.3, 0.4) is 0 Å². The summed E-state index contributed by atoms with van der Waals surface area (Å²) < 4.78 is 28.9. The van der Waals surface area contributed by atoms with Crippen LogP contribution in [0, 0.1) is 18.8 Å². The van der Waals surface area contributed by atoms with Gasteiger partial charge < -0.3 is 10.2 Å². The Morgan fingerprint density at radius 3 is 2.43 bits per heavy atom. The minimum absolute atomic E-state index is 0.0411. The fraction of sp³-hybridized carbons (Fsp3) is 0.433. The summed E-state index contributed by atoms with van der Waals surface area (Å²) >= 11 is 6.05. The van der Waals surface area contributed by atoms with Crippen molar-refractivity contribution in [2.75, 3.05) is 29.6 Å². The molecule has 1 aromatic carbocycles. The van der Waals surface area contributed by atoms with Crippen LogP contribution in [0.2, 0.25) is 5.15 Å². The third-order valence-corrected chi connectivity index (χ3v) is 9.48. The summed E-state index contributed by atoms with van der Waals surface area (Å²) in [5, 5.41) is 8.45. The Bertz CT molecular complexity index is 1940. The molecule has 4 aromatic rings. The molecule has 0 spiro atoms. The van der Waals surface area contributed by atoms with Crippen molar-refractivity contribution in [3.8, 4) is 0 Å². The third-order valence-electron chi connectivity index (χ3n) is 8.71. The van der Waals surface area contributed by atoms with Gasteiger partial charge in [0.2, 0.25) is 16.0 Å². The van der Waals surface area contributed by atoms with Crippen molar-refractivity contribution in [1.82, 2.24) is 29.0 Å². The number of carbonyl (C=O) groups is 1. The minimum Gasteiger partial charge on any atom is -0.377 e. The Labute approximate surface area is 260 Å². The van der Waals surface area contributed by atoms with Gasteiger partial charge >= 0.3 is 0 Å². The Morgan fingerprint density at radius 1 is 1.09 bits per heavy atom. The zero-order valence-electron chi connectivity index (χ0n) is 25.2. The first kappa shape index (κ1) is 30.1. The lowest BCUT2D eigenvalue weighted by Gasteiger charge is -2.24. The summed E-state index contributed by atoms with van der Waals surface area (Å²) in [6.45, 7) is 5.45. The highest BCUT2D eigenvalue weighted by Gasteiger charge is 2.43. The Kier molecular flexibility index (Phi) is 7.65. The average Bonchev–Trinajstić information content (AvgIpc) is 3.65. The predicted octanol–water partition coefficient (Wildman–Crippen LogP) is 3.52. The largest absolute Gasteiger partial charge is 0.377 e. The van der Waals surface area contributed by atoms with Crippen LogP contribution in [0.1, 0.15) is 59.0 Å². The lowest BCUT2D eigenvalue weighted by atomic mass is 10.0. The van der Waals surface area contributed by atoms with Gasteiger partial charge in [-0.15, -0.1) is 0 Å². The minimum atomic E-state index is -3.83. The highest BCUT2D eigenvalue weighted by atomic mass is 35.5. The van der Waals surface area contributed by atoms with E-state index in [0.717, 1.165) is 49.0 Å². The number of hydrogen-bond acceptors (Lipinski definition) is 9. The second-order valence-electron chi connectivity index (χ2n) is 12.1. The Balaban J connectivity index is 1.31. The van der Waals surface area contributed by atoms with Crippen molar-refractivity contribution in [2.24, 2.45) is 25.9 Å². The van der Waals surface area contributed by atoms with Crippen molar-refractivity contribution in [3.05, 3.63) is 74.6 Å². The molecule has 14 heteroatoms. The monoisotopic (exact) mass is 638 g/mol. The summed E-state index contributed by atoms with van der Waals surface area (Å²) in [5.41, 5.74) is 3.36. The highest BCUT2D eigenvalue weighted by molar-refractivity contribution is 7.89. The molecule has 232 valence electrons. The van der Waals surface area contributed by atoms with Gasteiger partial charge in [-0.25, -0.2) is 23.1 Å². The second kappa shape index (κ2) is 11.2. The van der Waals surface area contributed by atoms with Gasteiger partial charge in [-0.2, -0.15) is 5.10 Å². The maximum atomic E-state index is 13.7. The number of benzene rings is 1. The topological polar surface area (TPSA) is 144 Å². The van der Waals surface area contributed by atoms with E-state index in [0.29, 0.717) is 34.6 Å². The molecule has 4 heterocycles. The van der Waals surface area contributed by atoms with Gasteiger partial charge in [0.1, 0.15) is 5.15 Å². The van der Waals surface area contributed by atoms with E-state index in [1.54, 1.807) is 17.7 Å². The molecule has 0 bridgehead atoms. The normalized spacial score (nSPS) is 19.4. The zero-order valence-corrected chi connectivity index (χ0v) is 26.8. The van der Waals surface area contributed by atoms with Crippen molar-refractivity contribution in [3.63, 3.8) is 0 Å². The maximum Gasteiger partial charge on any atom is 0.285 e. The van der Waals surface area contributed by atoms with Gasteiger partial charge in [0.05, 0.1) is 34.6 Å². The molecule has 2 fully saturated rings. The molecule has 1 aliphatic heterocycles. The van der Waals surface area contributed by atoms with Crippen LogP contribution in [0.15, 0.2) is 41.3 Å². The molecule has 44 heavy (non-hydrogen) atoms. The number of nitrogens with one attached hydrogen (secondary N) is 2. The molecule has 0 unspecified atom stereocenters. The number of nitrogens with zero attached hydrogens (tertiary/aromatic N) is 6. The van der Waals surface area contributed by atoms with Crippen LogP contribution < -0.4 is 20.5 Å². The lowest BCUT2D eigenvalue weighted by molar-refractivity contribution is 0.0977. The summed E-state index contributed by atoms with van der Waals surface area (Å²) in [7, 11) is -0.113. The number of halogens is 1. The van der Waals surface area contributed by atoms with E-state index in [1.807, 2.05) is 48.6 Å². The second-order valence-corrected chi connectivity index (χ2v) is 14.3. The van der Waals surface area contributed by atoms with E-state index in [1.165, 1.54) is 6.07 Å². The van der Waals surface area contributed by atoms with Gasteiger partial charge in [0.25, 0.3) is 11.5 Å². The molecule has 6 rings (SSSR count). The van der Waals surface area contributed by atoms with Crippen molar-refractivity contribution >= 4 is 50.1 Å². The van der Waals surface area contributed by atoms with Crippen LogP contribution in [0.5, 0.6) is 0 Å². The van der Waals surface area contributed by atoms with Crippen molar-refractivity contribution in [2.45, 2.75) is 38.6 Å². The van der Waals surface area contributed by atoms with Gasteiger partial charge in [0.15, 0.2) is 5.69 Å². The van der Waals surface area contributed by atoms with Crippen LogP contribution >= 0.6 is 11.6 Å². The maximum absolute atomic E-state index is 13.7. The number of hydrogen-bond donors (Lipinski definition) is 2. The van der Waals surface area contributed by atoms with E-state index in [-0.39, 0.29) is 22.1 Å². The first-order chi connectivity index (χ1) is 20.8. The third kappa shape index (κ3) is 5.77. The average molecular weight is 639 g/mol. The summed E-state index contributed by atoms with van der Waals surface area (Å²) in [5.74, 6) is 1.18. The molecule has 1 saturated heterocycles. The molecule has 2 N–H and O–H groups in total. The van der Waals surface area contributed by atoms with E-state index in [9.17, 15) is 18.0 Å². The predicted molar refractivity (Wildman–Crippen MR) is 170 cm³/mol. The number of aryl methyl sites for hydroxylation is 2. The molecule has 3 atom stereocenters. The fourth-order valence-corrected chi connectivity index (χ4v) is 7.34. The van der Waals surface area contributed by atoms with E-state index >= 15 is 0 Å². The first-order valence-electron chi connectivity index (χ1n) is 14.5. The number of sulfonamides is 1. The Morgan fingerprint density at radius 2 is 1.80 bits per heavy atom. The van der Waals surface area contributed by atoms with Gasteiger partial charge in [0, 0.05) is 44.9 Å². The van der Waals surface area contributed by atoms with Gasteiger partial charge in [-0.1, -0.05) is 17.7 Å². The molecule has 0 radical (unpaired) electrons. The quantitative estimate of drug-likeness (QED) is 0.291. The van der Waals surface area contributed by atoms with Crippen LogP contribution in [0.4, 0.5) is 11.6 Å². The zero-order chi connectivity index (χ0) is 31.5. The SMILES string of the molecule is Cc1cc([C@@H](C)Nc2ccc(Cl)nc2C(=O)NS(C)(=O)=O)c2nc(N3C[C@H]4CC(c5ccn(C)n5)C[C@@H]4C3)n(C)c(=O)c2c1. The van der Waals surface area contributed by atoms with E-state index < -0.39 is 22.0 Å². The number of carbonyl (C=O) groups excluding carboxylic acids is 1. The smallest absolute Gasteiger partial charge is 0.285 e. The molecule has 1 amide bonds. The fourth-order valence-electron chi connectivity index (χ4n) is 6.76. The van der Waals surface area contributed by atoms with Crippen LogP contribution in [-0.2, 0) is 24.1 Å². The first-order valence-corrected chi connectivity index (χ1v) is 16.7. The molecule has 1 aliphatic carbocycles. The standard InChI is InChI=1S/C30H35ClN8O4S/c1-16-10-21(17(2)32-24-6-7-25(31)33-27(24)28(40)36-44(5,42)43)26-22(11-16)29(41)38(4)30(34-26)39-14-19-12-18(13-20(19)15-39)23-8-9-37(3)35-23/h6-11,17-20,32H,12-15H2,1-5H3,(H,36,40)/t17-,19-,20-/m1/s1. The number of fused-ring (bicyclic) bond motifs is 2. The van der Waals surface area contributed by atoms with Gasteiger partial charge in [-0.3, -0.25) is 18.8 Å². The highest BCUT2D eigenvalue weighted by Crippen LogP contribution is 2.46. The number of pyridine rings is 1. The molecule has 12 nitrogen and oxygen atoms in total. The molecular weight excluding hydrogens is 604 g/mol. The molecule has 2 aliphatic rings. The Hall–Kier alpha value is -3.97. The van der Waals surface area contributed by atoms with Gasteiger partial charge in [-0.05, 0) is 68.4 Å². The molecular formula is C30H35ClN8O4S. The number of amides is 1. The summed E-state index contributed by atoms with van der Waals surface area (Å²) in [6, 6.07) is 8.56.